The van der Waals surface area contributed by atoms with Gasteiger partial charge in [-0.2, -0.15) is 0 Å². The number of hydrogen-bond acceptors (Lipinski definition) is 1. The van der Waals surface area contributed by atoms with E-state index in [-0.39, 0.29) is 6.04 Å². The van der Waals surface area contributed by atoms with E-state index in [0.29, 0.717) is 17.4 Å². The van der Waals surface area contributed by atoms with E-state index in [1.54, 1.807) is 0 Å². The second-order valence-corrected chi connectivity index (χ2v) is 6.90. The number of aromatic nitrogens is 1. The zero-order chi connectivity index (χ0) is 13.5. The maximum atomic E-state index is 6.33. The number of hydrogen-bond donors (Lipinski definition) is 1. The number of nitrogens with zero attached hydrogens (tertiary/aromatic N) is 1. The first kappa shape index (κ1) is 13.7. The fraction of sp³-hybridized carbons (Fsp3) is 0.750. The molecule has 1 aliphatic rings. The normalized spacial score (nSPS) is 25.6. The highest BCUT2D eigenvalue weighted by Gasteiger charge is 2.33. The lowest BCUT2D eigenvalue weighted by atomic mass is 9.74. The topological polar surface area (TPSA) is 30.9 Å². The largest absolute Gasteiger partial charge is 0.348 e. The van der Waals surface area contributed by atoms with Crippen LogP contribution in [0.15, 0.2) is 12.3 Å². The van der Waals surface area contributed by atoms with Gasteiger partial charge in [0.1, 0.15) is 0 Å². The summed E-state index contributed by atoms with van der Waals surface area (Å²) in [7, 11) is 0. The molecule has 0 fully saturated rings. The molecule has 1 aliphatic carbocycles. The average Bonchev–Trinajstić information content (AvgIpc) is 2.69. The zero-order valence-electron chi connectivity index (χ0n) is 12.5. The summed E-state index contributed by atoms with van der Waals surface area (Å²) in [6, 6.07) is 3.03. The molecule has 2 heteroatoms. The van der Waals surface area contributed by atoms with Gasteiger partial charge < -0.3 is 10.3 Å². The first-order valence-electron chi connectivity index (χ1n) is 7.31. The van der Waals surface area contributed by atoms with Crippen LogP contribution in [0.5, 0.6) is 0 Å². The summed E-state index contributed by atoms with van der Waals surface area (Å²) in [6.45, 7) is 11.6. The van der Waals surface area contributed by atoms with Crippen molar-refractivity contribution < 1.29 is 0 Å². The molecule has 0 bridgehead atoms. The van der Waals surface area contributed by atoms with Gasteiger partial charge in [0.15, 0.2) is 0 Å². The average molecular weight is 248 g/mol. The minimum atomic E-state index is 0.217. The fourth-order valence-corrected chi connectivity index (χ4v) is 3.25. The second kappa shape index (κ2) is 4.73. The van der Waals surface area contributed by atoms with E-state index in [4.69, 9.17) is 5.73 Å². The summed E-state index contributed by atoms with van der Waals surface area (Å²) in [5.41, 5.74) is 9.52. The van der Waals surface area contributed by atoms with Crippen LogP contribution >= 0.6 is 0 Å². The van der Waals surface area contributed by atoms with Crippen molar-refractivity contribution in [2.24, 2.45) is 17.1 Å². The third kappa shape index (κ3) is 2.35. The quantitative estimate of drug-likeness (QED) is 0.859. The van der Waals surface area contributed by atoms with Crippen LogP contribution in [-0.2, 0) is 6.42 Å². The summed E-state index contributed by atoms with van der Waals surface area (Å²) in [5, 5.41) is 0. The van der Waals surface area contributed by atoms with Crippen LogP contribution in [0, 0.1) is 11.3 Å². The van der Waals surface area contributed by atoms with Crippen molar-refractivity contribution in [2.45, 2.75) is 66.0 Å². The maximum absolute atomic E-state index is 6.33. The van der Waals surface area contributed by atoms with Crippen LogP contribution in [0.25, 0.3) is 0 Å². The van der Waals surface area contributed by atoms with Gasteiger partial charge in [-0.25, -0.2) is 0 Å². The van der Waals surface area contributed by atoms with Crippen molar-refractivity contribution in [3.8, 4) is 0 Å². The van der Waals surface area contributed by atoms with Gasteiger partial charge in [0.25, 0.3) is 0 Å². The molecule has 2 nitrogen and oxygen atoms in total. The summed E-state index contributed by atoms with van der Waals surface area (Å²) in [5.74, 6) is 0.711. The summed E-state index contributed by atoms with van der Waals surface area (Å²) < 4.78 is 2.48. The standard InChI is InChI=1S/C16H28N2/c1-6-11(2)12(3)18-8-7-13-14(17)9-16(4,5)10-15(13)18/h7-8,11-12,14H,6,9-10,17H2,1-5H3. The molecular weight excluding hydrogens is 220 g/mol. The van der Waals surface area contributed by atoms with Gasteiger partial charge in [0.2, 0.25) is 0 Å². The molecule has 2 N–H and O–H groups in total. The minimum Gasteiger partial charge on any atom is -0.348 e. The first-order valence-corrected chi connectivity index (χ1v) is 7.31. The molecule has 0 radical (unpaired) electrons. The Kier molecular flexibility index (Phi) is 3.59. The predicted molar refractivity (Wildman–Crippen MR) is 77.6 cm³/mol. The lowest BCUT2D eigenvalue weighted by Gasteiger charge is -2.36. The molecule has 2 rings (SSSR count). The van der Waals surface area contributed by atoms with E-state index < -0.39 is 0 Å². The predicted octanol–water partition coefficient (Wildman–Crippen LogP) is 4.07. The Hall–Kier alpha value is -0.760. The Bertz CT molecular complexity index is 417. The molecule has 0 amide bonds. The molecule has 0 spiro atoms. The Morgan fingerprint density at radius 2 is 2.11 bits per heavy atom. The Balaban J connectivity index is 2.36. The molecule has 0 aliphatic heterocycles. The van der Waals surface area contributed by atoms with Crippen LogP contribution in [0.1, 0.15) is 70.8 Å². The zero-order valence-corrected chi connectivity index (χ0v) is 12.5. The van der Waals surface area contributed by atoms with Crippen molar-refractivity contribution in [1.82, 2.24) is 4.57 Å². The molecular formula is C16H28N2. The van der Waals surface area contributed by atoms with Crippen LogP contribution < -0.4 is 5.73 Å². The highest BCUT2D eigenvalue weighted by atomic mass is 15.0. The van der Waals surface area contributed by atoms with Crippen LogP contribution in [0.2, 0.25) is 0 Å². The van der Waals surface area contributed by atoms with E-state index in [1.165, 1.54) is 17.7 Å². The SMILES string of the molecule is CCC(C)C(C)n1ccc2c1CC(C)(C)CC2N. The summed E-state index contributed by atoms with van der Waals surface area (Å²) in [6.07, 6.45) is 5.73. The van der Waals surface area contributed by atoms with Crippen LogP contribution in [0.4, 0.5) is 0 Å². The summed E-state index contributed by atoms with van der Waals surface area (Å²) >= 11 is 0. The van der Waals surface area contributed by atoms with Gasteiger partial charge in [-0.05, 0) is 42.7 Å². The lowest BCUT2D eigenvalue weighted by molar-refractivity contribution is 0.264. The Morgan fingerprint density at radius 1 is 1.44 bits per heavy atom. The van der Waals surface area contributed by atoms with Crippen molar-refractivity contribution in [3.05, 3.63) is 23.5 Å². The van der Waals surface area contributed by atoms with E-state index in [0.717, 1.165) is 12.8 Å². The third-order valence-corrected chi connectivity index (χ3v) is 4.78. The Morgan fingerprint density at radius 3 is 2.72 bits per heavy atom. The molecule has 3 atom stereocenters. The van der Waals surface area contributed by atoms with Crippen molar-refractivity contribution >= 4 is 0 Å². The van der Waals surface area contributed by atoms with E-state index >= 15 is 0 Å². The van der Waals surface area contributed by atoms with E-state index in [2.05, 4.69) is 51.4 Å². The van der Waals surface area contributed by atoms with Crippen LogP contribution in [-0.4, -0.2) is 4.57 Å². The van der Waals surface area contributed by atoms with Gasteiger partial charge >= 0.3 is 0 Å². The summed E-state index contributed by atoms with van der Waals surface area (Å²) in [4.78, 5) is 0. The van der Waals surface area contributed by atoms with Gasteiger partial charge in [-0.1, -0.05) is 34.1 Å². The number of nitrogens with two attached hydrogens (primary N) is 1. The third-order valence-electron chi connectivity index (χ3n) is 4.78. The van der Waals surface area contributed by atoms with Gasteiger partial charge in [-0.15, -0.1) is 0 Å². The molecule has 1 aromatic rings. The van der Waals surface area contributed by atoms with Crippen molar-refractivity contribution in [1.29, 1.82) is 0 Å². The van der Waals surface area contributed by atoms with Gasteiger partial charge in [0, 0.05) is 24.0 Å². The number of rotatable bonds is 3. The van der Waals surface area contributed by atoms with Crippen molar-refractivity contribution in [3.63, 3.8) is 0 Å². The molecule has 1 aromatic heterocycles. The monoisotopic (exact) mass is 248 g/mol. The molecule has 102 valence electrons. The lowest BCUT2D eigenvalue weighted by Crippen LogP contribution is -2.31. The molecule has 0 saturated carbocycles. The molecule has 3 unspecified atom stereocenters. The first-order chi connectivity index (χ1) is 8.35. The molecule has 1 heterocycles. The van der Waals surface area contributed by atoms with Crippen LogP contribution in [0.3, 0.4) is 0 Å². The van der Waals surface area contributed by atoms with E-state index in [1.807, 2.05) is 0 Å². The maximum Gasteiger partial charge on any atom is 0.0330 e. The van der Waals surface area contributed by atoms with Gasteiger partial charge in [-0.3, -0.25) is 0 Å². The molecule has 18 heavy (non-hydrogen) atoms. The molecule has 0 saturated heterocycles. The van der Waals surface area contributed by atoms with E-state index in [9.17, 15) is 0 Å². The minimum absolute atomic E-state index is 0.217. The smallest absolute Gasteiger partial charge is 0.0330 e. The fourth-order valence-electron chi connectivity index (χ4n) is 3.25. The molecule has 0 aromatic carbocycles. The highest BCUT2D eigenvalue weighted by molar-refractivity contribution is 5.30. The Labute approximate surface area is 112 Å². The second-order valence-electron chi connectivity index (χ2n) is 6.90. The van der Waals surface area contributed by atoms with Gasteiger partial charge in [0.05, 0.1) is 0 Å². The highest BCUT2D eigenvalue weighted by Crippen LogP contribution is 2.41. The van der Waals surface area contributed by atoms with Crippen molar-refractivity contribution in [2.75, 3.05) is 0 Å². The number of fused-ring (bicyclic) bond motifs is 1.